The van der Waals surface area contributed by atoms with Gasteiger partial charge in [0.15, 0.2) is 6.10 Å². The molecule has 0 saturated carbocycles. The van der Waals surface area contributed by atoms with Crippen LogP contribution in [0, 0.1) is 0 Å². The zero-order chi connectivity index (χ0) is 7.98. The predicted molar refractivity (Wildman–Crippen MR) is 32.4 cm³/mol. The number of aliphatic carboxylic acids is 1. The molecule has 1 unspecified atom stereocenters. The lowest BCUT2D eigenvalue weighted by Crippen LogP contribution is -2.25. The molecule has 10 heavy (non-hydrogen) atoms. The molecule has 56 valence electrons. The molecule has 0 aromatic heterocycles. The van der Waals surface area contributed by atoms with E-state index >= 15 is 0 Å². The maximum atomic E-state index is 10.1. The van der Waals surface area contributed by atoms with Crippen molar-refractivity contribution in [3.8, 4) is 0 Å². The monoisotopic (exact) mass is 145 g/mol. The largest absolute Gasteiger partial charge is 0.479 e. The lowest BCUT2D eigenvalue weighted by Gasteiger charge is -2.04. The number of ether oxygens (including phenoxy) is 1. The molecule has 0 bridgehead atoms. The number of hydrogen-bond donors (Lipinski definition) is 1. The molecule has 0 radical (unpaired) electrons. The highest BCUT2D eigenvalue weighted by Gasteiger charge is 2.13. The topological polar surface area (TPSA) is 95.3 Å². The zero-order valence-corrected chi connectivity index (χ0v) is 5.39. The minimum Gasteiger partial charge on any atom is -0.479 e. The van der Waals surface area contributed by atoms with Crippen molar-refractivity contribution >= 4 is 5.97 Å². The molecule has 0 aliphatic carbocycles. The fraction of sp³-hybridized carbons (Fsp3) is 0.750. The smallest absolute Gasteiger partial charge is 0.332 e. The first kappa shape index (κ1) is 8.74. The average molecular weight is 145 g/mol. The molecule has 0 rings (SSSR count). The lowest BCUT2D eigenvalue weighted by molar-refractivity contribution is -0.147. The maximum absolute atomic E-state index is 10.1. The van der Waals surface area contributed by atoms with Crippen LogP contribution in [0.25, 0.3) is 10.4 Å². The second-order valence-corrected chi connectivity index (χ2v) is 1.48. The van der Waals surface area contributed by atoms with Crippen molar-refractivity contribution in [1.29, 1.82) is 0 Å². The zero-order valence-electron chi connectivity index (χ0n) is 5.39. The van der Waals surface area contributed by atoms with Crippen LogP contribution in [0.2, 0.25) is 0 Å². The van der Waals surface area contributed by atoms with Gasteiger partial charge in [-0.2, -0.15) is 0 Å². The van der Waals surface area contributed by atoms with Gasteiger partial charge in [-0.15, -0.1) is 0 Å². The van der Waals surface area contributed by atoms with Crippen molar-refractivity contribution in [3.05, 3.63) is 10.4 Å². The summed E-state index contributed by atoms with van der Waals surface area (Å²) >= 11 is 0. The first-order valence-corrected chi connectivity index (χ1v) is 2.48. The Morgan fingerprint density at radius 1 is 2.00 bits per heavy atom. The molecule has 6 heteroatoms. The van der Waals surface area contributed by atoms with Crippen molar-refractivity contribution < 1.29 is 14.6 Å². The van der Waals surface area contributed by atoms with Crippen molar-refractivity contribution in [3.63, 3.8) is 0 Å². The molecule has 0 spiro atoms. The molecular formula is C4H7N3O3. The molecule has 6 nitrogen and oxygen atoms in total. The fourth-order valence-corrected chi connectivity index (χ4v) is 0.364. The molecular weight excluding hydrogens is 138 g/mol. The van der Waals surface area contributed by atoms with Gasteiger partial charge < -0.3 is 9.84 Å². The summed E-state index contributed by atoms with van der Waals surface area (Å²) in [5.41, 5.74) is 7.80. The van der Waals surface area contributed by atoms with E-state index < -0.39 is 12.1 Å². The molecule has 0 heterocycles. The third-order valence-electron chi connectivity index (χ3n) is 0.871. The third-order valence-corrected chi connectivity index (χ3v) is 0.871. The molecule has 0 aromatic carbocycles. The molecule has 0 aliphatic rings. The SMILES string of the molecule is COC(CN=[N+]=[N-])C(=O)O. The molecule has 0 aromatic rings. The summed E-state index contributed by atoms with van der Waals surface area (Å²) in [5.74, 6) is -1.13. The van der Waals surface area contributed by atoms with Crippen LogP contribution in [0.15, 0.2) is 5.11 Å². The van der Waals surface area contributed by atoms with E-state index in [0.29, 0.717) is 0 Å². The minimum absolute atomic E-state index is 0.178. The number of methoxy groups -OCH3 is 1. The number of azide groups is 1. The van der Waals surface area contributed by atoms with Gasteiger partial charge >= 0.3 is 5.97 Å². The van der Waals surface area contributed by atoms with E-state index in [1.54, 1.807) is 0 Å². The summed E-state index contributed by atoms with van der Waals surface area (Å²) in [4.78, 5) is 12.5. The van der Waals surface area contributed by atoms with Crippen LogP contribution in [0.4, 0.5) is 0 Å². The highest BCUT2D eigenvalue weighted by molar-refractivity contribution is 5.72. The third kappa shape index (κ3) is 2.91. The van der Waals surface area contributed by atoms with Crippen molar-refractivity contribution in [2.75, 3.05) is 13.7 Å². The van der Waals surface area contributed by atoms with E-state index in [-0.39, 0.29) is 6.54 Å². The van der Waals surface area contributed by atoms with Crippen LogP contribution in [-0.2, 0) is 9.53 Å². The van der Waals surface area contributed by atoms with Gasteiger partial charge in [0.25, 0.3) is 0 Å². The van der Waals surface area contributed by atoms with Crippen LogP contribution < -0.4 is 0 Å². The van der Waals surface area contributed by atoms with Crippen LogP contribution in [0.3, 0.4) is 0 Å². The number of carbonyl (C=O) groups is 1. The summed E-state index contributed by atoms with van der Waals surface area (Å²) in [5, 5.41) is 11.3. The van der Waals surface area contributed by atoms with E-state index in [0.717, 1.165) is 0 Å². The summed E-state index contributed by atoms with van der Waals surface area (Å²) in [6, 6.07) is 0. The Hall–Kier alpha value is -1.26. The van der Waals surface area contributed by atoms with Gasteiger partial charge in [-0.3, -0.25) is 0 Å². The van der Waals surface area contributed by atoms with Crippen LogP contribution in [0.5, 0.6) is 0 Å². The van der Waals surface area contributed by atoms with Gasteiger partial charge in [0.1, 0.15) is 0 Å². The van der Waals surface area contributed by atoms with Crippen molar-refractivity contribution in [2.45, 2.75) is 6.10 Å². The Balaban J connectivity index is 3.82. The number of carboxylic acid groups (broad SMARTS) is 1. The first-order chi connectivity index (χ1) is 4.72. The second kappa shape index (κ2) is 4.60. The quantitative estimate of drug-likeness (QED) is 0.352. The van der Waals surface area contributed by atoms with Crippen LogP contribution >= 0.6 is 0 Å². The fourth-order valence-electron chi connectivity index (χ4n) is 0.364. The minimum atomic E-state index is -1.13. The van der Waals surface area contributed by atoms with E-state index in [4.69, 9.17) is 10.6 Å². The Kier molecular flexibility index (Phi) is 4.02. The normalized spacial score (nSPS) is 11.7. The van der Waals surface area contributed by atoms with Crippen LogP contribution in [-0.4, -0.2) is 30.8 Å². The van der Waals surface area contributed by atoms with E-state index in [2.05, 4.69) is 14.8 Å². The Morgan fingerprint density at radius 2 is 2.60 bits per heavy atom. The predicted octanol–water partition coefficient (Wildman–Crippen LogP) is 0.396. The molecule has 0 saturated heterocycles. The van der Waals surface area contributed by atoms with Crippen molar-refractivity contribution in [1.82, 2.24) is 0 Å². The second-order valence-electron chi connectivity index (χ2n) is 1.48. The molecule has 1 N–H and O–H groups in total. The number of hydrogen-bond acceptors (Lipinski definition) is 3. The van der Waals surface area contributed by atoms with Gasteiger partial charge in [0, 0.05) is 12.0 Å². The van der Waals surface area contributed by atoms with Crippen LogP contribution in [0.1, 0.15) is 0 Å². The van der Waals surface area contributed by atoms with E-state index in [9.17, 15) is 4.79 Å². The average Bonchev–Trinajstić information content (AvgIpc) is 1.89. The number of nitrogens with zero attached hydrogens (tertiary/aromatic N) is 3. The highest BCUT2D eigenvalue weighted by Crippen LogP contribution is 1.90. The molecule has 0 fully saturated rings. The standard InChI is InChI=1S/C4H7N3O3/c1-10-3(4(8)9)2-6-7-5/h3H,2H2,1H3,(H,8,9). The van der Waals surface area contributed by atoms with Crippen molar-refractivity contribution in [2.24, 2.45) is 5.11 Å². The maximum Gasteiger partial charge on any atom is 0.332 e. The number of carboxylic acids is 1. The summed E-state index contributed by atoms with van der Waals surface area (Å²) < 4.78 is 4.45. The Labute approximate surface area is 57.0 Å². The van der Waals surface area contributed by atoms with Gasteiger partial charge in [0.2, 0.25) is 0 Å². The van der Waals surface area contributed by atoms with E-state index in [1.165, 1.54) is 7.11 Å². The lowest BCUT2D eigenvalue weighted by atomic mass is 10.4. The number of rotatable bonds is 4. The first-order valence-electron chi connectivity index (χ1n) is 2.48. The van der Waals surface area contributed by atoms with Gasteiger partial charge in [-0.1, -0.05) is 5.11 Å². The van der Waals surface area contributed by atoms with Gasteiger partial charge in [-0.25, -0.2) is 4.79 Å². The molecule has 0 aliphatic heterocycles. The van der Waals surface area contributed by atoms with E-state index in [1.807, 2.05) is 0 Å². The summed E-state index contributed by atoms with van der Waals surface area (Å²) in [6.45, 7) is -0.178. The molecule has 1 atom stereocenters. The summed E-state index contributed by atoms with van der Waals surface area (Å²) in [6.07, 6.45) is -1.03. The Bertz CT molecular complexity index is 163. The van der Waals surface area contributed by atoms with Gasteiger partial charge in [-0.05, 0) is 5.53 Å². The highest BCUT2D eigenvalue weighted by atomic mass is 16.5. The summed E-state index contributed by atoms with van der Waals surface area (Å²) in [7, 11) is 1.24. The Morgan fingerprint density at radius 3 is 2.90 bits per heavy atom. The van der Waals surface area contributed by atoms with Gasteiger partial charge in [0.05, 0.1) is 6.54 Å². The molecule has 0 amide bonds.